The van der Waals surface area contributed by atoms with E-state index in [1.807, 2.05) is 12.1 Å². The number of hydrogen-bond acceptors (Lipinski definition) is 3. The molecule has 3 nitrogen and oxygen atoms in total. The number of halogens is 1. The monoisotopic (exact) mass is 282 g/mol. The summed E-state index contributed by atoms with van der Waals surface area (Å²) in [7, 11) is 2.15. The van der Waals surface area contributed by atoms with Crippen LogP contribution in [0.3, 0.4) is 0 Å². The Morgan fingerprint density at radius 2 is 1.95 bits per heavy atom. The number of ether oxygens (including phenoxy) is 1. The van der Waals surface area contributed by atoms with Crippen LogP contribution in [0.2, 0.25) is 5.02 Å². The molecule has 0 spiro atoms. The van der Waals surface area contributed by atoms with Crippen LogP contribution in [0.1, 0.15) is 24.4 Å². The third kappa shape index (κ3) is 4.18. The summed E-state index contributed by atoms with van der Waals surface area (Å²) in [6, 6.07) is 8.27. The fourth-order valence-corrected chi connectivity index (χ4v) is 2.84. The van der Waals surface area contributed by atoms with Gasteiger partial charge in [-0.1, -0.05) is 23.7 Å². The molecule has 106 valence electrons. The molecule has 0 bridgehead atoms. The summed E-state index contributed by atoms with van der Waals surface area (Å²) >= 11 is 5.94. The van der Waals surface area contributed by atoms with E-state index in [9.17, 15) is 0 Å². The number of likely N-dealkylation sites (N-methyl/N-ethyl adjacent to an activating group) is 1. The Morgan fingerprint density at radius 1 is 1.32 bits per heavy atom. The summed E-state index contributed by atoms with van der Waals surface area (Å²) in [5.74, 6) is 0.722. The van der Waals surface area contributed by atoms with E-state index in [1.165, 1.54) is 5.56 Å². The van der Waals surface area contributed by atoms with Gasteiger partial charge in [-0.15, -0.1) is 0 Å². The van der Waals surface area contributed by atoms with Gasteiger partial charge in [-0.25, -0.2) is 0 Å². The van der Waals surface area contributed by atoms with Crippen molar-refractivity contribution >= 4 is 11.6 Å². The molecule has 1 aromatic carbocycles. The average molecular weight is 283 g/mol. The van der Waals surface area contributed by atoms with Crippen molar-refractivity contribution in [2.45, 2.75) is 18.9 Å². The number of nitrogens with zero attached hydrogens (tertiary/aromatic N) is 1. The zero-order valence-corrected chi connectivity index (χ0v) is 12.3. The Bertz CT molecular complexity index is 376. The maximum atomic E-state index is 5.95. The fraction of sp³-hybridized carbons (Fsp3) is 0.600. The Kier molecular flexibility index (Phi) is 5.64. The van der Waals surface area contributed by atoms with Gasteiger partial charge in [-0.05, 0) is 43.5 Å². The van der Waals surface area contributed by atoms with Crippen LogP contribution in [0.25, 0.3) is 0 Å². The van der Waals surface area contributed by atoms with E-state index in [4.69, 9.17) is 22.1 Å². The summed E-state index contributed by atoms with van der Waals surface area (Å²) in [5.41, 5.74) is 7.19. The summed E-state index contributed by atoms with van der Waals surface area (Å²) in [6.45, 7) is 3.49. The van der Waals surface area contributed by atoms with E-state index in [1.54, 1.807) is 0 Å². The first-order valence-electron chi connectivity index (χ1n) is 6.94. The number of hydrogen-bond donors (Lipinski definition) is 1. The van der Waals surface area contributed by atoms with Gasteiger partial charge in [0.25, 0.3) is 0 Å². The highest BCUT2D eigenvalue weighted by Gasteiger charge is 2.21. The minimum absolute atomic E-state index is 0.264. The predicted molar refractivity (Wildman–Crippen MR) is 79.4 cm³/mol. The van der Waals surface area contributed by atoms with Gasteiger partial charge in [0, 0.05) is 37.4 Å². The highest BCUT2D eigenvalue weighted by atomic mass is 35.5. The zero-order valence-electron chi connectivity index (χ0n) is 11.5. The minimum atomic E-state index is 0.264. The smallest absolute Gasteiger partial charge is 0.0469 e. The van der Waals surface area contributed by atoms with Crippen LogP contribution in [0, 0.1) is 5.92 Å². The van der Waals surface area contributed by atoms with Crippen molar-refractivity contribution in [3.8, 4) is 0 Å². The molecule has 0 saturated carbocycles. The van der Waals surface area contributed by atoms with Gasteiger partial charge in [-0.3, -0.25) is 4.90 Å². The van der Waals surface area contributed by atoms with E-state index in [2.05, 4.69) is 24.1 Å². The van der Waals surface area contributed by atoms with E-state index >= 15 is 0 Å². The minimum Gasteiger partial charge on any atom is -0.381 e. The molecule has 19 heavy (non-hydrogen) atoms. The lowest BCUT2D eigenvalue weighted by Gasteiger charge is -2.32. The fourth-order valence-electron chi connectivity index (χ4n) is 2.72. The van der Waals surface area contributed by atoms with E-state index in [0.29, 0.717) is 6.54 Å². The quantitative estimate of drug-likeness (QED) is 0.902. The first-order valence-corrected chi connectivity index (χ1v) is 7.32. The number of nitrogens with two attached hydrogens (primary N) is 1. The molecule has 1 heterocycles. The van der Waals surface area contributed by atoms with Crippen LogP contribution in [0.4, 0.5) is 0 Å². The maximum Gasteiger partial charge on any atom is 0.0469 e. The summed E-state index contributed by atoms with van der Waals surface area (Å²) in [6.07, 6.45) is 2.31. The van der Waals surface area contributed by atoms with Gasteiger partial charge in [0.05, 0.1) is 0 Å². The van der Waals surface area contributed by atoms with Gasteiger partial charge in [0.15, 0.2) is 0 Å². The Morgan fingerprint density at radius 3 is 2.53 bits per heavy atom. The molecular weight excluding hydrogens is 260 g/mol. The Labute approximate surface area is 120 Å². The standard InChI is InChI=1S/C15H23ClN2O/c1-18(11-12-6-8-19-9-7-12)15(10-17)13-2-4-14(16)5-3-13/h2-5,12,15H,6-11,17H2,1H3. The largest absolute Gasteiger partial charge is 0.381 e. The SMILES string of the molecule is CN(CC1CCOCC1)C(CN)c1ccc(Cl)cc1. The van der Waals surface area contributed by atoms with Crippen LogP contribution in [-0.2, 0) is 4.74 Å². The van der Waals surface area contributed by atoms with E-state index in [0.717, 1.165) is 43.5 Å². The molecule has 1 atom stereocenters. The third-order valence-corrected chi connectivity index (χ3v) is 4.15. The molecule has 1 fully saturated rings. The molecule has 0 aromatic heterocycles. The highest BCUT2D eigenvalue weighted by molar-refractivity contribution is 6.30. The molecule has 1 aliphatic heterocycles. The van der Waals surface area contributed by atoms with Gasteiger partial charge in [-0.2, -0.15) is 0 Å². The summed E-state index contributed by atoms with van der Waals surface area (Å²) in [4.78, 5) is 2.36. The predicted octanol–water partition coefficient (Wildman–Crippen LogP) is 2.70. The lowest BCUT2D eigenvalue weighted by molar-refractivity contribution is 0.0507. The second-order valence-electron chi connectivity index (χ2n) is 5.30. The second-order valence-corrected chi connectivity index (χ2v) is 5.73. The topological polar surface area (TPSA) is 38.5 Å². The van der Waals surface area contributed by atoms with Crippen molar-refractivity contribution in [2.75, 3.05) is 33.4 Å². The molecule has 2 N–H and O–H groups in total. The van der Waals surface area contributed by atoms with Gasteiger partial charge < -0.3 is 10.5 Å². The summed E-state index contributed by atoms with van der Waals surface area (Å²) < 4.78 is 5.41. The normalized spacial score (nSPS) is 18.7. The highest BCUT2D eigenvalue weighted by Crippen LogP contribution is 2.23. The molecule has 2 rings (SSSR count). The molecule has 0 amide bonds. The van der Waals surface area contributed by atoms with Crippen molar-refractivity contribution in [1.29, 1.82) is 0 Å². The molecule has 1 saturated heterocycles. The van der Waals surface area contributed by atoms with Crippen LogP contribution in [-0.4, -0.2) is 38.3 Å². The molecule has 1 aliphatic rings. The van der Waals surface area contributed by atoms with Crippen molar-refractivity contribution < 1.29 is 4.74 Å². The zero-order chi connectivity index (χ0) is 13.7. The molecular formula is C15H23ClN2O. The molecule has 0 aliphatic carbocycles. The lowest BCUT2D eigenvalue weighted by Crippen LogP contribution is -2.36. The first kappa shape index (κ1) is 14.8. The van der Waals surface area contributed by atoms with E-state index in [-0.39, 0.29) is 6.04 Å². The Hall–Kier alpha value is -0.610. The van der Waals surface area contributed by atoms with Gasteiger partial charge >= 0.3 is 0 Å². The molecule has 1 unspecified atom stereocenters. The molecule has 0 radical (unpaired) electrons. The first-order chi connectivity index (χ1) is 9.20. The van der Waals surface area contributed by atoms with Crippen LogP contribution in [0.15, 0.2) is 24.3 Å². The number of rotatable bonds is 5. The van der Waals surface area contributed by atoms with Crippen molar-refractivity contribution in [1.82, 2.24) is 4.90 Å². The maximum absolute atomic E-state index is 5.95. The van der Waals surface area contributed by atoms with E-state index < -0.39 is 0 Å². The third-order valence-electron chi connectivity index (χ3n) is 3.90. The van der Waals surface area contributed by atoms with Crippen LogP contribution < -0.4 is 5.73 Å². The second kappa shape index (κ2) is 7.25. The van der Waals surface area contributed by atoms with Gasteiger partial charge in [0.1, 0.15) is 0 Å². The number of benzene rings is 1. The van der Waals surface area contributed by atoms with Crippen molar-refractivity contribution in [2.24, 2.45) is 11.7 Å². The molecule has 4 heteroatoms. The van der Waals surface area contributed by atoms with Crippen LogP contribution in [0.5, 0.6) is 0 Å². The lowest BCUT2D eigenvalue weighted by atomic mass is 9.98. The van der Waals surface area contributed by atoms with Crippen LogP contribution >= 0.6 is 11.6 Å². The van der Waals surface area contributed by atoms with Gasteiger partial charge in [0.2, 0.25) is 0 Å². The van der Waals surface area contributed by atoms with Crippen molar-refractivity contribution in [3.05, 3.63) is 34.9 Å². The Balaban J connectivity index is 1.97. The van der Waals surface area contributed by atoms with Crippen molar-refractivity contribution in [3.63, 3.8) is 0 Å². The summed E-state index contributed by atoms with van der Waals surface area (Å²) in [5, 5.41) is 0.770. The average Bonchev–Trinajstić information content (AvgIpc) is 2.43. The molecule has 1 aromatic rings.